The largest absolute Gasteiger partial charge is 0.497 e. The van der Waals surface area contributed by atoms with Crippen molar-refractivity contribution in [2.45, 2.75) is 5.16 Å². The molecule has 0 aliphatic carbocycles. The number of benzene rings is 4. The molecule has 4 aromatic carbocycles. The van der Waals surface area contributed by atoms with Gasteiger partial charge in [-0.1, -0.05) is 72.4 Å². The van der Waals surface area contributed by atoms with E-state index in [0.717, 1.165) is 28.3 Å². The standard InChI is InChI=1S/C30H25N5O3S/c1-37-25-17-15-24(16-18-25)35-29(23-10-4-2-5-11-23)33-34-30(35)39-21-28(36)32-31-20-22-9-8-14-27(19-22)38-26-12-6-3-7-13-26/h2-20H,21H2,1H3,(H,32,36). The van der Waals surface area contributed by atoms with Gasteiger partial charge in [-0.2, -0.15) is 5.10 Å². The lowest BCUT2D eigenvalue weighted by atomic mass is 10.2. The summed E-state index contributed by atoms with van der Waals surface area (Å²) in [7, 11) is 1.63. The van der Waals surface area contributed by atoms with Gasteiger partial charge >= 0.3 is 0 Å². The molecule has 8 nitrogen and oxygen atoms in total. The molecule has 1 heterocycles. The van der Waals surface area contributed by atoms with Gasteiger partial charge in [0.2, 0.25) is 0 Å². The van der Waals surface area contributed by atoms with Crippen LogP contribution in [0.1, 0.15) is 5.56 Å². The molecule has 5 rings (SSSR count). The van der Waals surface area contributed by atoms with E-state index in [1.54, 1.807) is 13.3 Å². The maximum Gasteiger partial charge on any atom is 0.250 e. The molecule has 194 valence electrons. The van der Waals surface area contributed by atoms with Crippen molar-refractivity contribution in [3.8, 4) is 34.3 Å². The van der Waals surface area contributed by atoms with Gasteiger partial charge in [0.05, 0.1) is 19.1 Å². The average Bonchev–Trinajstić information content (AvgIpc) is 3.41. The molecule has 1 N–H and O–H groups in total. The molecule has 0 radical (unpaired) electrons. The first kappa shape index (κ1) is 25.7. The van der Waals surface area contributed by atoms with E-state index in [-0.39, 0.29) is 11.7 Å². The number of ether oxygens (including phenoxy) is 2. The number of carbonyl (C=O) groups is 1. The molecule has 1 amide bonds. The zero-order valence-electron chi connectivity index (χ0n) is 21.1. The fourth-order valence-corrected chi connectivity index (χ4v) is 4.47. The van der Waals surface area contributed by atoms with Crippen molar-refractivity contribution < 1.29 is 14.3 Å². The molecule has 0 saturated carbocycles. The lowest BCUT2D eigenvalue weighted by Gasteiger charge is -2.11. The maximum atomic E-state index is 12.6. The lowest BCUT2D eigenvalue weighted by molar-refractivity contribution is -0.118. The van der Waals surface area contributed by atoms with E-state index in [9.17, 15) is 4.79 Å². The molecule has 0 unspecified atom stereocenters. The zero-order chi connectivity index (χ0) is 26.9. The van der Waals surface area contributed by atoms with Gasteiger partial charge in [-0.05, 0) is 54.1 Å². The van der Waals surface area contributed by atoms with Crippen molar-refractivity contribution in [2.75, 3.05) is 12.9 Å². The first-order valence-corrected chi connectivity index (χ1v) is 13.1. The van der Waals surface area contributed by atoms with Gasteiger partial charge in [0.25, 0.3) is 5.91 Å². The van der Waals surface area contributed by atoms with Crippen LogP contribution in [0.2, 0.25) is 0 Å². The van der Waals surface area contributed by atoms with Gasteiger partial charge in [-0.15, -0.1) is 10.2 Å². The monoisotopic (exact) mass is 535 g/mol. The van der Waals surface area contributed by atoms with Crippen LogP contribution in [-0.4, -0.2) is 39.7 Å². The molecule has 1 aromatic heterocycles. The molecule has 0 saturated heterocycles. The van der Waals surface area contributed by atoms with Gasteiger partial charge in [0, 0.05) is 11.3 Å². The minimum atomic E-state index is -0.265. The van der Waals surface area contributed by atoms with E-state index in [2.05, 4.69) is 20.7 Å². The number of hydrogen-bond acceptors (Lipinski definition) is 7. The number of hydrazone groups is 1. The first-order valence-electron chi connectivity index (χ1n) is 12.1. The van der Waals surface area contributed by atoms with Crippen LogP contribution in [0.15, 0.2) is 119 Å². The number of hydrogen-bond donors (Lipinski definition) is 1. The predicted octanol–water partition coefficient (Wildman–Crippen LogP) is 5.98. The summed E-state index contributed by atoms with van der Waals surface area (Å²) in [5.41, 5.74) is 5.15. The van der Waals surface area contributed by atoms with Gasteiger partial charge in [0.15, 0.2) is 11.0 Å². The summed E-state index contributed by atoms with van der Waals surface area (Å²) in [6.45, 7) is 0. The van der Waals surface area contributed by atoms with Crippen LogP contribution in [0.5, 0.6) is 17.2 Å². The van der Waals surface area contributed by atoms with E-state index >= 15 is 0 Å². The van der Waals surface area contributed by atoms with Gasteiger partial charge in [-0.25, -0.2) is 5.43 Å². The Morgan fingerprint density at radius 2 is 1.59 bits per heavy atom. The third-order valence-electron chi connectivity index (χ3n) is 5.57. The first-order chi connectivity index (χ1) is 19.2. The van der Waals surface area contributed by atoms with Crippen LogP contribution in [0.3, 0.4) is 0 Å². The number of nitrogens with zero attached hydrogens (tertiary/aromatic N) is 4. The lowest BCUT2D eigenvalue weighted by Crippen LogP contribution is -2.20. The normalized spacial score (nSPS) is 10.9. The Bertz CT molecular complexity index is 1560. The molecule has 9 heteroatoms. The van der Waals surface area contributed by atoms with Crippen molar-refractivity contribution in [3.05, 3.63) is 115 Å². The maximum absolute atomic E-state index is 12.6. The van der Waals surface area contributed by atoms with Crippen LogP contribution in [0.4, 0.5) is 0 Å². The third-order valence-corrected chi connectivity index (χ3v) is 6.50. The Hall–Kier alpha value is -4.89. The second kappa shape index (κ2) is 12.6. The van der Waals surface area contributed by atoms with Crippen molar-refractivity contribution in [2.24, 2.45) is 5.10 Å². The molecule has 0 spiro atoms. The molecule has 0 aliphatic rings. The number of thioether (sulfide) groups is 1. The Kier molecular flexibility index (Phi) is 8.30. The van der Waals surface area contributed by atoms with Gasteiger partial charge in [-0.3, -0.25) is 9.36 Å². The SMILES string of the molecule is COc1ccc(-n2c(SCC(=O)NN=Cc3cccc(Oc4ccccc4)c3)nnc2-c2ccccc2)cc1. The molecule has 39 heavy (non-hydrogen) atoms. The number of nitrogens with one attached hydrogen (secondary N) is 1. The van der Waals surface area contributed by atoms with Crippen molar-refractivity contribution in [3.63, 3.8) is 0 Å². The van der Waals surface area contributed by atoms with E-state index in [1.165, 1.54) is 11.8 Å². The van der Waals surface area contributed by atoms with E-state index in [1.807, 2.05) is 114 Å². The molecule has 5 aromatic rings. The molecular formula is C30H25N5O3S. The van der Waals surface area contributed by atoms with Crippen molar-refractivity contribution in [1.29, 1.82) is 0 Å². The van der Waals surface area contributed by atoms with Gasteiger partial charge < -0.3 is 9.47 Å². The summed E-state index contributed by atoms with van der Waals surface area (Å²) in [6.07, 6.45) is 1.58. The van der Waals surface area contributed by atoms with E-state index in [0.29, 0.717) is 16.7 Å². The Morgan fingerprint density at radius 3 is 2.33 bits per heavy atom. The van der Waals surface area contributed by atoms with Crippen LogP contribution >= 0.6 is 11.8 Å². The predicted molar refractivity (Wildman–Crippen MR) is 153 cm³/mol. The minimum absolute atomic E-state index is 0.109. The fraction of sp³-hybridized carbons (Fsp3) is 0.0667. The molecule has 0 aliphatic heterocycles. The number of carbonyl (C=O) groups excluding carboxylic acids is 1. The quantitative estimate of drug-likeness (QED) is 0.134. The van der Waals surface area contributed by atoms with Crippen molar-refractivity contribution >= 4 is 23.9 Å². The second-order valence-electron chi connectivity index (χ2n) is 8.28. The smallest absolute Gasteiger partial charge is 0.250 e. The highest BCUT2D eigenvalue weighted by Gasteiger charge is 2.17. The number of rotatable bonds is 10. The Balaban J connectivity index is 1.25. The minimum Gasteiger partial charge on any atom is -0.497 e. The molecule has 0 bridgehead atoms. The average molecular weight is 536 g/mol. The summed E-state index contributed by atoms with van der Waals surface area (Å²) >= 11 is 1.28. The van der Waals surface area contributed by atoms with Crippen molar-refractivity contribution in [1.82, 2.24) is 20.2 Å². The Labute approximate surface area is 230 Å². The summed E-state index contributed by atoms with van der Waals surface area (Å²) in [5.74, 6) is 2.70. The number of aromatic nitrogens is 3. The number of para-hydroxylation sites is 1. The van der Waals surface area contributed by atoms with Crippen LogP contribution in [0.25, 0.3) is 17.1 Å². The fourth-order valence-electron chi connectivity index (χ4n) is 3.73. The number of methoxy groups -OCH3 is 1. The van der Waals surface area contributed by atoms with E-state index in [4.69, 9.17) is 9.47 Å². The summed E-state index contributed by atoms with van der Waals surface area (Å²) in [6, 6.07) is 34.4. The third kappa shape index (κ3) is 6.71. The molecule has 0 atom stereocenters. The Morgan fingerprint density at radius 1 is 0.872 bits per heavy atom. The number of amides is 1. The van der Waals surface area contributed by atoms with E-state index < -0.39 is 0 Å². The highest BCUT2D eigenvalue weighted by Crippen LogP contribution is 2.29. The highest BCUT2D eigenvalue weighted by atomic mass is 32.2. The molecular weight excluding hydrogens is 510 g/mol. The topological polar surface area (TPSA) is 90.6 Å². The summed E-state index contributed by atoms with van der Waals surface area (Å²) in [4.78, 5) is 12.6. The van der Waals surface area contributed by atoms with Gasteiger partial charge in [0.1, 0.15) is 17.2 Å². The van der Waals surface area contributed by atoms with Crippen LogP contribution < -0.4 is 14.9 Å². The summed E-state index contributed by atoms with van der Waals surface area (Å²) in [5, 5.41) is 13.5. The second-order valence-corrected chi connectivity index (χ2v) is 9.22. The van der Waals surface area contributed by atoms with Crippen LogP contribution in [-0.2, 0) is 4.79 Å². The van der Waals surface area contributed by atoms with Crippen LogP contribution in [0, 0.1) is 0 Å². The highest BCUT2D eigenvalue weighted by molar-refractivity contribution is 7.99. The zero-order valence-corrected chi connectivity index (χ0v) is 21.9. The molecule has 0 fully saturated rings. The summed E-state index contributed by atoms with van der Waals surface area (Å²) < 4.78 is 13.1.